The molecule has 2 amide bonds. The molecule has 1 rings (SSSR count). The Morgan fingerprint density at radius 1 is 1.32 bits per heavy atom. The minimum atomic E-state index is -1.26. The summed E-state index contributed by atoms with van der Waals surface area (Å²) in [4.78, 5) is 23.9. The number of ether oxygens (including phenoxy) is 1. The fourth-order valence-corrected chi connectivity index (χ4v) is 1.34. The fraction of sp³-hybridized carbons (Fsp3) is 0.385. The molecule has 0 unspecified atom stereocenters. The molecule has 1 aromatic rings. The summed E-state index contributed by atoms with van der Waals surface area (Å²) >= 11 is 0. The largest absolute Gasteiger partial charge is 0.445 e. The van der Waals surface area contributed by atoms with E-state index >= 15 is 0 Å². The van der Waals surface area contributed by atoms with Crippen molar-refractivity contribution < 1.29 is 19.4 Å². The zero-order valence-corrected chi connectivity index (χ0v) is 11.0. The lowest BCUT2D eigenvalue weighted by Crippen LogP contribution is -2.42. The summed E-state index contributed by atoms with van der Waals surface area (Å²) in [5, 5.41) is 11.8. The molecule has 0 saturated heterocycles. The highest BCUT2D eigenvalue weighted by Gasteiger charge is 2.17. The van der Waals surface area contributed by atoms with Crippen molar-refractivity contribution in [2.45, 2.75) is 12.7 Å². The number of nitrogens with one attached hydrogen (secondary N) is 1. The molecule has 0 spiro atoms. The molecular formula is C13H18N2O4. The minimum absolute atomic E-state index is 0.143. The fourth-order valence-electron chi connectivity index (χ4n) is 1.34. The van der Waals surface area contributed by atoms with Crippen LogP contribution in [0, 0.1) is 0 Å². The standard InChI is InChI=1S/C13H18N2O4/c1-15(2)12(17)11(16)8-14-13(18)19-9-10-6-4-3-5-7-10/h3-7,11,16H,8-9H2,1-2H3,(H,14,18)/t11-/m0/s1. The summed E-state index contributed by atoms with van der Waals surface area (Å²) in [6.45, 7) is -0.0327. The van der Waals surface area contributed by atoms with E-state index in [-0.39, 0.29) is 13.2 Å². The summed E-state index contributed by atoms with van der Waals surface area (Å²) in [6.07, 6.45) is -1.94. The van der Waals surface area contributed by atoms with Gasteiger partial charge in [0.15, 0.2) is 0 Å². The molecule has 1 atom stereocenters. The summed E-state index contributed by atoms with van der Waals surface area (Å²) in [5.41, 5.74) is 0.863. The maximum atomic E-state index is 11.3. The molecule has 0 radical (unpaired) electrons. The molecule has 104 valence electrons. The van der Waals surface area contributed by atoms with E-state index in [1.165, 1.54) is 19.0 Å². The van der Waals surface area contributed by atoms with Gasteiger partial charge in [-0.25, -0.2) is 4.79 Å². The molecular weight excluding hydrogens is 248 g/mol. The van der Waals surface area contributed by atoms with Crippen LogP contribution in [0.5, 0.6) is 0 Å². The van der Waals surface area contributed by atoms with Crippen molar-refractivity contribution in [2.75, 3.05) is 20.6 Å². The quantitative estimate of drug-likeness (QED) is 0.806. The molecule has 6 heteroatoms. The average Bonchev–Trinajstić information content (AvgIpc) is 2.42. The van der Waals surface area contributed by atoms with Crippen LogP contribution in [0.1, 0.15) is 5.56 Å². The number of aliphatic hydroxyl groups excluding tert-OH is 1. The Balaban J connectivity index is 2.27. The lowest BCUT2D eigenvalue weighted by Gasteiger charge is -2.16. The first-order chi connectivity index (χ1) is 9.00. The molecule has 0 aromatic heterocycles. The van der Waals surface area contributed by atoms with Crippen LogP contribution in [0.2, 0.25) is 0 Å². The van der Waals surface area contributed by atoms with Crippen molar-refractivity contribution in [3.8, 4) is 0 Å². The third kappa shape index (κ3) is 5.39. The Labute approximate surface area is 112 Å². The molecule has 2 N–H and O–H groups in total. The highest BCUT2D eigenvalue weighted by Crippen LogP contribution is 2.00. The average molecular weight is 266 g/mol. The molecule has 0 aliphatic heterocycles. The summed E-state index contributed by atoms with van der Waals surface area (Å²) < 4.78 is 4.93. The van der Waals surface area contributed by atoms with Crippen molar-refractivity contribution in [1.82, 2.24) is 10.2 Å². The smallest absolute Gasteiger partial charge is 0.407 e. The van der Waals surface area contributed by atoms with Crippen LogP contribution in [-0.2, 0) is 16.1 Å². The first-order valence-corrected chi connectivity index (χ1v) is 5.84. The Morgan fingerprint density at radius 2 is 1.95 bits per heavy atom. The minimum Gasteiger partial charge on any atom is -0.445 e. The Kier molecular flexibility index (Phi) is 5.81. The summed E-state index contributed by atoms with van der Waals surface area (Å²) in [7, 11) is 3.05. The second-order valence-electron chi connectivity index (χ2n) is 4.19. The Morgan fingerprint density at radius 3 is 2.53 bits per heavy atom. The summed E-state index contributed by atoms with van der Waals surface area (Å²) in [6, 6.07) is 9.22. The zero-order chi connectivity index (χ0) is 14.3. The van der Waals surface area contributed by atoms with Gasteiger partial charge in [0.2, 0.25) is 0 Å². The normalized spacial score (nSPS) is 11.5. The molecule has 0 aliphatic carbocycles. The van der Waals surface area contributed by atoms with Gasteiger partial charge in [-0.3, -0.25) is 4.79 Å². The van der Waals surface area contributed by atoms with Crippen molar-refractivity contribution in [3.63, 3.8) is 0 Å². The van der Waals surface area contributed by atoms with Crippen LogP contribution in [0.4, 0.5) is 4.79 Å². The van der Waals surface area contributed by atoms with Gasteiger partial charge in [0.1, 0.15) is 12.7 Å². The molecule has 6 nitrogen and oxygen atoms in total. The topological polar surface area (TPSA) is 78.9 Å². The number of carbonyl (C=O) groups excluding carboxylic acids is 2. The van der Waals surface area contributed by atoms with Gasteiger partial charge in [-0.05, 0) is 5.56 Å². The van der Waals surface area contributed by atoms with Crippen LogP contribution >= 0.6 is 0 Å². The number of aliphatic hydroxyl groups is 1. The molecule has 0 saturated carbocycles. The van der Waals surface area contributed by atoms with Crippen molar-refractivity contribution in [3.05, 3.63) is 35.9 Å². The van der Waals surface area contributed by atoms with Crippen molar-refractivity contribution in [1.29, 1.82) is 0 Å². The number of alkyl carbamates (subject to hydrolysis) is 1. The monoisotopic (exact) mass is 266 g/mol. The Bertz CT molecular complexity index is 420. The van der Waals surface area contributed by atoms with E-state index in [0.717, 1.165) is 5.56 Å². The first-order valence-electron chi connectivity index (χ1n) is 5.84. The van der Waals surface area contributed by atoms with Gasteiger partial charge in [0, 0.05) is 14.1 Å². The van der Waals surface area contributed by atoms with Crippen molar-refractivity contribution in [2.24, 2.45) is 0 Å². The molecule has 0 aliphatic rings. The number of hydrogen-bond donors (Lipinski definition) is 2. The van der Waals surface area contributed by atoms with Gasteiger partial charge < -0.3 is 20.1 Å². The van der Waals surface area contributed by atoms with E-state index in [0.29, 0.717) is 0 Å². The number of rotatable bonds is 5. The lowest BCUT2D eigenvalue weighted by molar-refractivity contribution is -0.137. The number of benzene rings is 1. The van der Waals surface area contributed by atoms with Crippen LogP contribution in [0.25, 0.3) is 0 Å². The van der Waals surface area contributed by atoms with Gasteiger partial charge >= 0.3 is 6.09 Å². The maximum Gasteiger partial charge on any atom is 0.407 e. The van der Waals surface area contributed by atoms with Crippen LogP contribution in [0.15, 0.2) is 30.3 Å². The van der Waals surface area contributed by atoms with Gasteiger partial charge in [0.05, 0.1) is 6.54 Å². The van der Waals surface area contributed by atoms with Gasteiger partial charge in [-0.1, -0.05) is 30.3 Å². The van der Waals surface area contributed by atoms with E-state index in [9.17, 15) is 14.7 Å². The lowest BCUT2D eigenvalue weighted by atomic mass is 10.2. The highest BCUT2D eigenvalue weighted by atomic mass is 16.5. The van der Waals surface area contributed by atoms with Crippen LogP contribution in [-0.4, -0.2) is 48.8 Å². The van der Waals surface area contributed by atoms with Crippen LogP contribution < -0.4 is 5.32 Å². The third-order valence-electron chi connectivity index (χ3n) is 2.38. The zero-order valence-electron chi connectivity index (χ0n) is 11.0. The SMILES string of the molecule is CN(C)C(=O)[C@@H](O)CNC(=O)OCc1ccccc1. The third-order valence-corrected chi connectivity index (χ3v) is 2.38. The second-order valence-corrected chi connectivity index (χ2v) is 4.19. The number of likely N-dealkylation sites (N-methyl/N-ethyl adjacent to an activating group) is 1. The van der Waals surface area contributed by atoms with Crippen molar-refractivity contribution >= 4 is 12.0 Å². The predicted octanol–water partition coefficient (Wildman–Crippen LogP) is 0.362. The molecule has 0 heterocycles. The van der Waals surface area contributed by atoms with E-state index in [2.05, 4.69) is 5.32 Å². The maximum absolute atomic E-state index is 11.3. The molecule has 0 fully saturated rings. The molecule has 19 heavy (non-hydrogen) atoms. The second kappa shape index (κ2) is 7.38. The van der Waals surface area contributed by atoms with E-state index in [4.69, 9.17) is 4.74 Å². The van der Waals surface area contributed by atoms with E-state index < -0.39 is 18.1 Å². The molecule has 1 aromatic carbocycles. The van der Waals surface area contributed by atoms with Gasteiger partial charge in [0.25, 0.3) is 5.91 Å². The van der Waals surface area contributed by atoms with Gasteiger partial charge in [-0.2, -0.15) is 0 Å². The molecule has 0 bridgehead atoms. The number of amides is 2. The number of carbonyl (C=O) groups is 2. The predicted molar refractivity (Wildman–Crippen MR) is 69.3 cm³/mol. The number of hydrogen-bond acceptors (Lipinski definition) is 4. The summed E-state index contributed by atoms with van der Waals surface area (Å²) in [5.74, 6) is -0.469. The van der Waals surface area contributed by atoms with E-state index in [1.807, 2.05) is 30.3 Å². The van der Waals surface area contributed by atoms with Crippen LogP contribution in [0.3, 0.4) is 0 Å². The Hall–Kier alpha value is -2.08. The number of nitrogens with zero attached hydrogens (tertiary/aromatic N) is 1. The highest BCUT2D eigenvalue weighted by molar-refractivity contribution is 5.81. The van der Waals surface area contributed by atoms with E-state index in [1.54, 1.807) is 0 Å². The first kappa shape index (κ1) is 15.0. The van der Waals surface area contributed by atoms with Gasteiger partial charge in [-0.15, -0.1) is 0 Å².